The van der Waals surface area contributed by atoms with Crippen molar-refractivity contribution in [2.45, 2.75) is 0 Å². The Morgan fingerprint density at radius 3 is 2.76 bits per heavy atom. The van der Waals surface area contributed by atoms with E-state index >= 15 is 0 Å². The van der Waals surface area contributed by atoms with Gasteiger partial charge in [0.25, 0.3) is 0 Å². The Morgan fingerprint density at radius 1 is 1.59 bits per heavy atom. The number of methoxy groups -OCH3 is 1. The Hall–Kier alpha value is -1.18. The van der Waals surface area contributed by atoms with Crippen molar-refractivity contribution in [2.75, 3.05) is 7.11 Å². The summed E-state index contributed by atoms with van der Waals surface area (Å²) in [4.78, 5) is 0. The summed E-state index contributed by atoms with van der Waals surface area (Å²) >= 11 is 3.75. The Bertz CT molecular complexity index is 401. The number of thiol groups is 1. The molecule has 0 aliphatic carbocycles. The number of nitrogens with zero attached hydrogens (tertiary/aromatic N) is 2. The number of hydrogen-bond donors (Lipinski definition) is 1. The predicted octanol–water partition coefficient (Wildman–Crippen LogP) is -0.0133. The zero-order chi connectivity index (χ0) is 11.3. The molecule has 17 heavy (non-hydrogen) atoms. The third-order valence-corrected chi connectivity index (χ3v) is 1.72. The van der Waals surface area contributed by atoms with Crippen LogP contribution in [0, 0.1) is 0 Å². The summed E-state index contributed by atoms with van der Waals surface area (Å²) in [7, 11) is 1.51. The van der Waals surface area contributed by atoms with Crippen molar-refractivity contribution in [3.8, 4) is 11.5 Å². The smallest absolute Gasteiger partial charge is 0.870 e. The first-order valence-corrected chi connectivity index (χ1v) is 4.54. The van der Waals surface area contributed by atoms with E-state index in [1.165, 1.54) is 13.3 Å². The van der Waals surface area contributed by atoms with Gasteiger partial charge in [-0.1, -0.05) is 6.07 Å². The van der Waals surface area contributed by atoms with Gasteiger partial charge < -0.3 is 25.8 Å². The van der Waals surface area contributed by atoms with Crippen LogP contribution >= 0.6 is 0 Å². The van der Waals surface area contributed by atoms with E-state index in [0.717, 1.165) is 0 Å². The number of rotatable bonds is 3. The number of ether oxygens (including phenoxy) is 1. The predicted molar refractivity (Wildman–Crippen MR) is 66.9 cm³/mol. The summed E-state index contributed by atoms with van der Waals surface area (Å²) in [6, 6.07) is 5.21. The Kier molecular flexibility index (Phi) is 9.54. The zero-order valence-electron chi connectivity index (χ0n) is 8.89. The summed E-state index contributed by atoms with van der Waals surface area (Å²) in [5, 5.41) is 11.5. The molecule has 0 aliphatic rings. The number of nitrogens with two attached hydrogens (primary N) is 1. The van der Waals surface area contributed by atoms with Crippen LogP contribution < -0.4 is 10.5 Å². The van der Waals surface area contributed by atoms with E-state index in [1.54, 1.807) is 18.2 Å². The van der Waals surface area contributed by atoms with Gasteiger partial charge in [0.05, 0.1) is 12.7 Å². The average Bonchev–Trinajstić information content (AvgIpc) is 2.20. The van der Waals surface area contributed by atoms with Gasteiger partial charge in [-0.05, 0) is 12.1 Å². The van der Waals surface area contributed by atoms with Crippen LogP contribution in [0.1, 0.15) is 5.56 Å². The fourth-order valence-electron chi connectivity index (χ4n) is 0.976. The molecular formula is C9H13CuN3O3S+2. The maximum atomic E-state index is 7.72. The van der Waals surface area contributed by atoms with Crippen molar-refractivity contribution in [1.29, 1.82) is 0 Å². The third kappa shape index (κ3) is 5.62. The van der Waals surface area contributed by atoms with Gasteiger partial charge in [0.15, 0.2) is 17.3 Å². The molecule has 0 amide bonds. The van der Waals surface area contributed by atoms with Gasteiger partial charge in [0, 0.05) is 6.21 Å². The Morgan fingerprint density at radius 2 is 2.24 bits per heavy atom. The third-order valence-electron chi connectivity index (χ3n) is 1.64. The largest absolute Gasteiger partial charge is 2.00 e. The molecule has 1 aromatic rings. The average molecular weight is 307 g/mol. The van der Waals surface area contributed by atoms with Crippen LogP contribution in [0.2, 0.25) is 0 Å². The molecule has 0 bridgehead atoms. The molecule has 0 aliphatic heterocycles. The second kappa shape index (κ2) is 8.91. The van der Waals surface area contributed by atoms with Crippen LogP contribution in [0.25, 0.3) is 5.43 Å². The minimum atomic E-state index is 0. The molecule has 1 aromatic carbocycles. The molecule has 0 fully saturated rings. The topological polar surface area (TPSA) is 115 Å². The fourth-order valence-corrected chi connectivity index (χ4v) is 1.03. The molecule has 0 aromatic heterocycles. The van der Waals surface area contributed by atoms with Crippen LogP contribution in [0.5, 0.6) is 11.5 Å². The summed E-state index contributed by atoms with van der Waals surface area (Å²) in [6.07, 6.45) is 1.42. The maximum absolute atomic E-state index is 7.72. The molecule has 6 nitrogen and oxygen atoms in total. The maximum Gasteiger partial charge on any atom is 2.00 e. The fraction of sp³-hybridized carbons (Fsp3) is 0.111. The molecule has 1 radical (unpaired) electrons. The second-order valence-electron chi connectivity index (χ2n) is 2.63. The van der Waals surface area contributed by atoms with Gasteiger partial charge >= 0.3 is 22.8 Å². The van der Waals surface area contributed by atoms with Crippen molar-refractivity contribution in [1.82, 2.24) is 0 Å². The monoisotopic (exact) mass is 306 g/mol. The number of hydrogen-bond acceptors (Lipinski definition) is 3. The molecule has 1 rings (SSSR count). The summed E-state index contributed by atoms with van der Waals surface area (Å²) < 4.78 is 4.99. The van der Waals surface area contributed by atoms with Crippen molar-refractivity contribution in [3.63, 3.8) is 0 Å². The van der Waals surface area contributed by atoms with E-state index in [1.807, 2.05) is 0 Å². The summed E-state index contributed by atoms with van der Waals surface area (Å²) in [6.45, 7) is 0. The molecule has 8 heteroatoms. The molecule has 0 saturated carbocycles. The van der Waals surface area contributed by atoms with Gasteiger partial charge in [-0.25, -0.2) is 0 Å². The van der Waals surface area contributed by atoms with E-state index in [-0.39, 0.29) is 33.4 Å². The molecule has 0 atom stereocenters. The van der Waals surface area contributed by atoms with E-state index in [2.05, 4.69) is 22.7 Å². The Balaban J connectivity index is 0. The van der Waals surface area contributed by atoms with E-state index in [9.17, 15) is 0 Å². The van der Waals surface area contributed by atoms with Gasteiger partial charge in [-0.3, -0.25) is 5.73 Å². The van der Waals surface area contributed by atoms with Crippen LogP contribution in [-0.4, -0.2) is 29.0 Å². The second-order valence-corrected chi connectivity index (χ2v) is 3.09. The molecule has 0 unspecified atom stereocenters. The summed E-state index contributed by atoms with van der Waals surface area (Å²) in [5.41, 5.74) is 9.30. The molecule has 5 N–H and O–H groups in total. The van der Waals surface area contributed by atoms with Crippen LogP contribution in [0.15, 0.2) is 23.3 Å². The SMILES string of the molecule is COc1cccc(C=N[N-]C(N)=[SH+])c1[OH2+].[Cu+2].[OH-]. The van der Waals surface area contributed by atoms with Crippen LogP contribution in [0.3, 0.4) is 0 Å². The Labute approximate surface area is 115 Å². The van der Waals surface area contributed by atoms with Crippen molar-refractivity contribution < 1.29 is 32.4 Å². The van der Waals surface area contributed by atoms with E-state index < -0.39 is 0 Å². The van der Waals surface area contributed by atoms with Crippen molar-refractivity contribution in [2.24, 2.45) is 10.8 Å². The number of para-hydroxylation sites is 1. The quantitative estimate of drug-likeness (QED) is 0.211. The minimum absolute atomic E-state index is 0. The summed E-state index contributed by atoms with van der Waals surface area (Å²) in [5.74, 6) is 0.749. The molecule has 0 saturated heterocycles. The first-order valence-electron chi connectivity index (χ1n) is 4.09. The van der Waals surface area contributed by atoms with E-state index in [0.29, 0.717) is 11.3 Å². The number of benzene rings is 1. The first kappa shape index (κ1) is 18.2. The van der Waals surface area contributed by atoms with Gasteiger partial charge in [-0.15, -0.1) is 0 Å². The first-order chi connectivity index (χ1) is 7.15. The minimum Gasteiger partial charge on any atom is -0.870 e. The molecular weight excluding hydrogens is 294 g/mol. The van der Waals surface area contributed by atoms with Gasteiger partial charge in [-0.2, -0.15) is 0 Å². The van der Waals surface area contributed by atoms with Crippen LogP contribution in [-0.2, 0) is 29.3 Å². The van der Waals surface area contributed by atoms with Crippen LogP contribution in [0.4, 0.5) is 0 Å². The normalized spacial score (nSPS) is 9.06. The standard InChI is InChI=1S/C9H11N3O2S.Cu.H2O/c1-14-7-4-2-3-6(8(7)13)5-11-12-9(10)15;;/h2-5H,1H3,(H4,10,11,12,13,15);;1H2/q;+2;. The van der Waals surface area contributed by atoms with Crippen molar-refractivity contribution in [3.05, 3.63) is 29.2 Å². The zero-order valence-corrected chi connectivity index (χ0v) is 10.7. The van der Waals surface area contributed by atoms with E-state index in [4.69, 9.17) is 15.6 Å². The molecule has 97 valence electrons. The molecule has 0 spiro atoms. The molecule has 0 heterocycles. The van der Waals surface area contributed by atoms with Crippen molar-refractivity contribution >= 4 is 23.5 Å². The van der Waals surface area contributed by atoms with Gasteiger partial charge in [0.1, 0.15) is 0 Å². The van der Waals surface area contributed by atoms with Gasteiger partial charge in [0.2, 0.25) is 5.75 Å².